The Morgan fingerprint density at radius 3 is 2.42 bits per heavy atom. The summed E-state index contributed by atoms with van der Waals surface area (Å²) < 4.78 is 0. The number of hydrogen-bond acceptors (Lipinski definition) is 3. The van der Waals surface area contributed by atoms with Crippen molar-refractivity contribution < 1.29 is 4.79 Å². The molecule has 0 aliphatic carbocycles. The van der Waals surface area contributed by atoms with Crippen LogP contribution < -0.4 is 15.5 Å². The van der Waals surface area contributed by atoms with Crippen molar-refractivity contribution >= 4 is 40.5 Å². The SMILES string of the molecule is CN1CC(N)C(=O)N(Cc2cccc3ccccc23)c2ccccc21.Cl. The van der Waals surface area contributed by atoms with Gasteiger partial charge in [-0.3, -0.25) is 4.79 Å². The Balaban J connectivity index is 0.00000196. The van der Waals surface area contributed by atoms with Crippen LogP contribution in [0.2, 0.25) is 0 Å². The minimum Gasteiger partial charge on any atom is -0.371 e. The molecule has 0 saturated heterocycles. The number of hydrogen-bond donors (Lipinski definition) is 1. The molecule has 4 rings (SSSR count). The highest BCUT2D eigenvalue weighted by molar-refractivity contribution is 6.02. The summed E-state index contributed by atoms with van der Waals surface area (Å²) in [6.07, 6.45) is 0. The Morgan fingerprint density at radius 2 is 1.62 bits per heavy atom. The second-order valence-corrected chi connectivity index (χ2v) is 6.54. The number of halogens is 1. The van der Waals surface area contributed by atoms with Gasteiger partial charge in [0.1, 0.15) is 6.04 Å². The molecule has 1 unspecified atom stereocenters. The van der Waals surface area contributed by atoms with Gasteiger partial charge in [0.2, 0.25) is 5.91 Å². The van der Waals surface area contributed by atoms with Crippen molar-refractivity contribution in [3.63, 3.8) is 0 Å². The van der Waals surface area contributed by atoms with E-state index < -0.39 is 6.04 Å². The minimum absolute atomic E-state index is 0. The Morgan fingerprint density at radius 1 is 0.962 bits per heavy atom. The van der Waals surface area contributed by atoms with Gasteiger partial charge < -0.3 is 15.5 Å². The van der Waals surface area contributed by atoms with Gasteiger partial charge in [0.15, 0.2) is 0 Å². The average molecular weight is 368 g/mol. The molecule has 1 heterocycles. The molecule has 3 aromatic rings. The molecular formula is C21H22ClN3O. The number of nitrogens with zero attached hydrogens (tertiary/aromatic N) is 2. The first-order chi connectivity index (χ1) is 12.1. The number of benzene rings is 3. The zero-order valence-corrected chi connectivity index (χ0v) is 15.4. The first kappa shape index (κ1) is 18.2. The Hall–Kier alpha value is -2.56. The van der Waals surface area contributed by atoms with Gasteiger partial charge in [-0.15, -0.1) is 12.4 Å². The Kier molecular flexibility index (Phi) is 5.16. The summed E-state index contributed by atoms with van der Waals surface area (Å²) >= 11 is 0. The van der Waals surface area contributed by atoms with Gasteiger partial charge in [-0.25, -0.2) is 0 Å². The van der Waals surface area contributed by atoms with Crippen LogP contribution in [0.4, 0.5) is 11.4 Å². The van der Waals surface area contributed by atoms with E-state index in [4.69, 9.17) is 5.73 Å². The molecule has 1 amide bonds. The third kappa shape index (κ3) is 3.14. The lowest BCUT2D eigenvalue weighted by molar-refractivity contribution is -0.119. The van der Waals surface area contributed by atoms with E-state index in [-0.39, 0.29) is 18.3 Å². The van der Waals surface area contributed by atoms with Crippen molar-refractivity contribution in [2.24, 2.45) is 5.73 Å². The smallest absolute Gasteiger partial charge is 0.246 e. The molecule has 1 aliphatic heterocycles. The van der Waals surface area contributed by atoms with Gasteiger partial charge in [0.05, 0.1) is 17.9 Å². The monoisotopic (exact) mass is 367 g/mol. The van der Waals surface area contributed by atoms with Crippen LogP contribution in [0.15, 0.2) is 66.7 Å². The number of para-hydroxylation sites is 2. The average Bonchev–Trinajstić information content (AvgIpc) is 2.73. The maximum atomic E-state index is 13.0. The highest BCUT2D eigenvalue weighted by Crippen LogP contribution is 2.33. The van der Waals surface area contributed by atoms with Crippen LogP contribution in [0.25, 0.3) is 10.8 Å². The molecule has 2 N–H and O–H groups in total. The second kappa shape index (κ2) is 7.36. The van der Waals surface area contributed by atoms with Crippen molar-refractivity contribution in [2.45, 2.75) is 12.6 Å². The molecule has 0 bridgehead atoms. The van der Waals surface area contributed by atoms with E-state index >= 15 is 0 Å². The van der Waals surface area contributed by atoms with Gasteiger partial charge in [0.25, 0.3) is 0 Å². The summed E-state index contributed by atoms with van der Waals surface area (Å²) in [5.41, 5.74) is 9.24. The Bertz CT molecular complexity index is 938. The van der Waals surface area contributed by atoms with E-state index in [9.17, 15) is 4.79 Å². The number of rotatable bonds is 2. The summed E-state index contributed by atoms with van der Waals surface area (Å²) in [7, 11) is 1.98. The largest absolute Gasteiger partial charge is 0.371 e. The van der Waals surface area contributed by atoms with Crippen LogP contribution in [0.5, 0.6) is 0 Å². The van der Waals surface area contributed by atoms with Crippen molar-refractivity contribution in [3.8, 4) is 0 Å². The first-order valence-electron chi connectivity index (χ1n) is 8.49. The molecule has 0 saturated carbocycles. The number of carbonyl (C=O) groups excluding carboxylic acids is 1. The molecule has 26 heavy (non-hydrogen) atoms. The molecular weight excluding hydrogens is 346 g/mol. The number of carbonyl (C=O) groups is 1. The van der Waals surface area contributed by atoms with E-state index in [1.54, 1.807) is 0 Å². The minimum atomic E-state index is -0.535. The third-order valence-electron chi connectivity index (χ3n) is 4.85. The molecule has 1 atom stereocenters. The van der Waals surface area contributed by atoms with Gasteiger partial charge in [0, 0.05) is 13.6 Å². The quantitative estimate of drug-likeness (QED) is 0.753. The zero-order valence-electron chi connectivity index (χ0n) is 14.6. The lowest BCUT2D eigenvalue weighted by Crippen LogP contribution is -2.46. The summed E-state index contributed by atoms with van der Waals surface area (Å²) in [4.78, 5) is 16.8. The summed E-state index contributed by atoms with van der Waals surface area (Å²) in [6.45, 7) is 1.03. The molecule has 4 nitrogen and oxygen atoms in total. The van der Waals surface area contributed by atoms with Gasteiger partial charge in [-0.2, -0.15) is 0 Å². The van der Waals surface area contributed by atoms with E-state index in [0.717, 1.165) is 16.9 Å². The van der Waals surface area contributed by atoms with Gasteiger partial charge >= 0.3 is 0 Å². The predicted molar refractivity (Wildman–Crippen MR) is 110 cm³/mol. The van der Waals surface area contributed by atoms with Crippen LogP contribution in [0.1, 0.15) is 5.56 Å². The lowest BCUT2D eigenvalue weighted by atomic mass is 10.0. The number of fused-ring (bicyclic) bond motifs is 2. The number of amides is 1. The highest BCUT2D eigenvalue weighted by atomic mass is 35.5. The fourth-order valence-corrected chi connectivity index (χ4v) is 3.57. The number of anilines is 2. The summed E-state index contributed by atoms with van der Waals surface area (Å²) in [5, 5.41) is 2.35. The normalized spacial score (nSPS) is 16.8. The van der Waals surface area contributed by atoms with Crippen LogP contribution in [0, 0.1) is 0 Å². The maximum Gasteiger partial charge on any atom is 0.246 e. The number of likely N-dealkylation sites (N-methyl/N-ethyl adjacent to an activating group) is 1. The molecule has 0 spiro atoms. The standard InChI is InChI=1S/C21H21N3O.ClH/c1-23-14-18(22)21(25)24(20-12-5-4-11-19(20)23)13-16-9-6-8-15-7-2-3-10-17(15)16;/h2-12,18H,13-14,22H2,1H3;1H. The summed E-state index contributed by atoms with van der Waals surface area (Å²) in [6, 6.07) is 21.9. The summed E-state index contributed by atoms with van der Waals surface area (Å²) in [5.74, 6) is -0.0373. The predicted octanol–water partition coefficient (Wildman–Crippen LogP) is 3.57. The van der Waals surface area contributed by atoms with E-state index in [0.29, 0.717) is 13.1 Å². The van der Waals surface area contributed by atoms with Crippen LogP contribution >= 0.6 is 12.4 Å². The van der Waals surface area contributed by atoms with E-state index in [1.807, 2.05) is 54.4 Å². The van der Waals surface area contributed by atoms with Crippen LogP contribution in [-0.4, -0.2) is 25.5 Å². The number of nitrogens with two attached hydrogens (primary N) is 1. The molecule has 0 fully saturated rings. The molecule has 134 valence electrons. The van der Waals surface area contributed by atoms with Gasteiger partial charge in [-0.1, -0.05) is 54.6 Å². The lowest BCUT2D eigenvalue weighted by Gasteiger charge is -2.25. The molecule has 1 aliphatic rings. The molecule has 0 aromatic heterocycles. The van der Waals surface area contributed by atoms with Crippen LogP contribution in [-0.2, 0) is 11.3 Å². The maximum absolute atomic E-state index is 13.0. The van der Waals surface area contributed by atoms with Gasteiger partial charge in [-0.05, 0) is 28.5 Å². The Labute approximate surface area is 159 Å². The van der Waals surface area contributed by atoms with Crippen molar-refractivity contribution in [1.29, 1.82) is 0 Å². The molecule has 5 heteroatoms. The second-order valence-electron chi connectivity index (χ2n) is 6.54. The van der Waals surface area contributed by atoms with Crippen molar-refractivity contribution in [1.82, 2.24) is 0 Å². The fraction of sp³-hybridized carbons (Fsp3) is 0.190. The molecule has 3 aromatic carbocycles. The zero-order chi connectivity index (χ0) is 17.4. The van der Waals surface area contributed by atoms with E-state index in [1.165, 1.54) is 10.8 Å². The third-order valence-corrected chi connectivity index (χ3v) is 4.85. The van der Waals surface area contributed by atoms with E-state index in [2.05, 4.69) is 29.2 Å². The van der Waals surface area contributed by atoms with Crippen molar-refractivity contribution in [2.75, 3.05) is 23.4 Å². The van der Waals surface area contributed by atoms with Crippen LogP contribution in [0.3, 0.4) is 0 Å². The topological polar surface area (TPSA) is 49.6 Å². The fourth-order valence-electron chi connectivity index (χ4n) is 3.57. The first-order valence-corrected chi connectivity index (χ1v) is 8.49. The molecule has 0 radical (unpaired) electrons. The van der Waals surface area contributed by atoms with Crippen molar-refractivity contribution in [3.05, 3.63) is 72.3 Å². The highest BCUT2D eigenvalue weighted by Gasteiger charge is 2.30.